The largest absolute Gasteiger partial charge is 0.340 e. The molecular weight excluding hydrogens is 462 g/mol. The highest BCUT2D eigenvalue weighted by atomic mass is 32.1. The molecule has 1 aromatic heterocycles. The Bertz CT molecular complexity index is 1280. The third-order valence-electron chi connectivity index (χ3n) is 6.47. The Kier molecular flexibility index (Phi) is 5.55. The molecule has 2 fully saturated rings. The molecule has 176 valence electrons. The monoisotopic (exact) mass is 484 g/mol. The lowest BCUT2D eigenvalue weighted by molar-refractivity contribution is -0.139. The standard InChI is InChI=1S/C24H22F2N4O3S/c1-24(16-11-15(25)8-9-17(16)26)22(32)30(23(33)28-24)13-20(31)29-10-4-5-14(12-29)21-27-18-6-2-3-7-19(18)34-21/h2-3,6-9,11,14H,4-5,10,12-13H2,1H3,(H,28,33)/t14-,24+/m1/s1. The van der Waals surface area contributed by atoms with Gasteiger partial charge >= 0.3 is 6.03 Å². The summed E-state index contributed by atoms with van der Waals surface area (Å²) in [6.45, 7) is 1.79. The summed E-state index contributed by atoms with van der Waals surface area (Å²) in [4.78, 5) is 45.8. The summed E-state index contributed by atoms with van der Waals surface area (Å²) in [6, 6.07) is 9.76. The lowest BCUT2D eigenvalue weighted by Crippen LogP contribution is -2.47. The molecule has 10 heteroatoms. The normalized spacial score (nSPS) is 23.0. The average Bonchev–Trinajstić information content (AvgIpc) is 3.36. The van der Waals surface area contributed by atoms with Crippen LogP contribution in [-0.4, -0.2) is 52.3 Å². The van der Waals surface area contributed by atoms with E-state index in [0.29, 0.717) is 13.1 Å². The number of para-hydroxylation sites is 1. The van der Waals surface area contributed by atoms with Crippen LogP contribution in [0.5, 0.6) is 0 Å². The molecule has 2 aliphatic rings. The molecule has 0 saturated carbocycles. The van der Waals surface area contributed by atoms with E-state index < -0.39 is 35.7 Å². The SMILES string of the molecule is C[C@@]1(c2cc(F)ccc2F)NC(=O)N(CC(=O)N2CCC[C@@H](c3nc4ccccc4s3)C2)C1=O. The van der Waals surface area contributed by atoms with Crippen LogP contribution in [0.3, 0.4) is 0 Å². The molecule has 2 atom stereocenters. The second-order valence-electron chi connectivity index (χ2n) is 8.77. The minimum Gasteiger partial charge on any atom is -0.340 e. The Balaban J connectivity index is 1.31. The van der Waals surface area contributed by atoms with Crippen molar-refractivity contribution in [1.29, 1.82) is 0 Å². The fourth-order valence-electron chi connectivity index (χ4n) is 4.61. The third-order valence-corrected chi connectivity index (χ3v) is 7.67. The summed E-state index contributed by atoms with van der Waals surface area (Å²) in [7, 11) is 0. The van der Waals surface area contributed by atoms with Crippen LogP contribution in [0.15, 0.2) is 42.5 Å². The number of urea groups is 1. The Hall–Kier alpha value is -3.40. The van der Waals surface area contributed by atoms with E-state index in [9.17, 15) is 23.2 Å². The van der Waals surface area contributed by atoms with Crippen molar-refractivity contribution in [3.05, 3.63) is 64.7 Å². The van der Waals surface area contributed by atoms with Gasteiger partial charge in [-0.3, -0.25) is 14.5 Å². The van der Waals surface area contributed by atoms with Gasteiger partial charge in [0.05, 0.1) is 15.2 Å². The van der Waals surface area contributed by atoms with Crippen molar-refractivity contribution in [2.75, 3.05) is 19.6 Å². The van der Waals surface area contributed by atoms with E-state index in [1.54, 1.807) is 16.2 Å². The number of hydrogen-bond acceptors (Lipinski definition) is 5. The van der Waals surface area contributed by atoms with E-state index in [1.807, 2.05) is 24.3 Å². The predicted molar refractivity (Wildman–Crippen MR) is 122 cm³/mol. The fraction of sp³-hybridized carbons (Fsp3) is 0.333. The lowest BCUT2D eigenvalue weighted by Gasteiger charge is -2.32. The van der Waals surface area contributed by atoms with Crippen LogP contribution in [0.2, 0.25) is 0 Å². The second kappa shape index (κ2) is 8.43. The number of piperidine rings is 1. The van der Waals surface area contributed by atoms with E-state index >= 15 is 0 Å². The van der Waals surface area contributed by atoms with Crippen molar-refractivity contribution in [3.8, 4) is 0 Å². The smallest absolute Gasteiger partial charge is 0.325 e. The summed E-state index contributed by atoms with van der Waals surface area (Å²) >= 11 is 1.61. The van der Waals surface area contributed by atoms with Gasteiger partial charge in [-0.05, 0) is 50.1 Å². The molecule has 2 aliphatic heterocycles. The molecule has 7 nitrogen and oxygen atoms in total. The van der Waals surface area contributed by atoms with Crippen LogP contribution >= 0.6 is 11.3 Å². The number of hydrogen-bond donors (Lipinski definition) is 1. The zero-order valence-electron chi connectivity index (χ0n) is 18.4. The maximum atomic E-state index is 14.4. The number of imide groups is 1. The molecule has 4 amide bonds. The van der Waals surface area contributed by atoms with Crippen LogP contribution < -0.4 is 5.32 Å². The van der Waals surface area contributed by atoms with Crippen LogP contribution in [0.25, 0.3) is 10.2 Å². The first-order chi connectivity index (χ1) is 16.3. The Morgan fingerprint density at radius 3 is 2.82 bits per heavy atom. The fourth-order valence-corrected chi connectivity index (χ4v) is 5.70. The number of nitrogens with one attached hydrogen (secondary N) is 1. The molecule has 0 bridgehead atoms. The first kappa shape index (κ1) is 22.4. The number of nitrogens with zero attached hydrogens (tertiary/aromatic N) is 3. The van der Waals surface area contributed by atoms with E-state index in [2.05, 4.69) is 5.32 Å². The van der Waals surface area contributed by atoms with Crippen LogP contribution in [0.4, 0.5) is 13.6 Å². The molecule has 1 N–H and O–H groups in total. The molecule has 34 heavy (non-hydrogen) atoms. The van der Waals surface area contributed by atoms with Crippen LogP contribution in [-0.2, 0) is 15.1 Å². The molecule has 0 unspecified atom stereocenters. The van der Waals surface area contributed by atoms with Crippen molar-refractivity contribution < 1.29 is 23.2 Å². The Morgan fingerprint density at radius 1 is 1.24 bits per heavy atom. The minimum atomic E-state index is -1.80. The van der Waals surface area contributed by atoms with Gasteiger partial charge in [0.1, 0.15) is 23.7 Å². The Morgan fingerprint density at radius 2 is 2.03 bits per heavy atom. The number of benzene rings is 2. The number of carbonyl (C=O) groups excluding carboxylic acids is 3. The van der Waals surface area contributed by atoms with Gasteiger partial charge in [0, 0.05) is 24.6 Å². The zero-order chi connectivity index (χ0) is 24.0. The summed E-state index contributed by atoms with van der Waals surface area (Å²) in [5.41, 5.74) is -1.15. The summed E-state index contributed by atoms with van der Waals surface area (Å²) in [5, 5.41) is 3.38. The summed E-state index contributed by atoms with van der Waals surface area (Å²) in [6.07, 6.45) is 1.67. The number of carbonyl (C=O) groups is 3. The summed E-state index contributed by atoms with van der Waals surface area (Å²) < 4.78 is 29.2. The highest BCUT2D eigenvalue weighted by molar-refractivity contribution is 7.18. The van der Waals surface area contributed by atoms with E-state index in [0.717, 1.165) is 51.2 Å². The zero-order valence-corrected chi connectivity index (χ0v) is 19.2. The van der Waals surface area contributed by atoms with Crippen molar-refractivity contribution in [2.45, 2.75) is 31.2 Å². The topological polar surface area (TPSA) is 82.6 Å². The highest BCUT2D eigenvalue weighted by Crippen LogP contribution is 2.34. The van der Waals surface area contributed by atoms with E-state index in [1.165, 1.54) is 6.92 Å². The number of rotatable bonds is 4. The molecule has 2 aromatic carbocycles. The van der Waals surface area contributed by atoms with Gasteiger partial charge in [0.25, 0.3) is 5.91 Å². The third kappa shape index (κ3) is 3.81. The number of likely N-dealkylation sites (tertiary alicyclic amines) is 1. The number of thiazole rings is 1. The van der Waals surface area contributed by atoms with Gasteiger partial charge in [-0.2, -0.15) is 0 Å². The maximum absolute atomic E-state index is 14.4. The average molecular weight is 485 g/mol. The molecular formula is C24H22F2N4O3S. The molecule has 0 aliphatic carbocycles. The van der Waals surface area contributed by atoms with Gasteiger partial charge in [-0.1, -0.05) is 12.1 Å². The van der Waals surface area contributed by atoms with Crippen molar-refractivity contribution >= 4 is 39.4 Å². The minimum absolute atomic E-state index is 0.0739. The van der Waals surface area contributed by atoms with Gasteiger partial charge in [0.15, 0.2) is 0 Å². The number of aromatic nitrogens is 1. The predicted octanol–water partition coefficient (Wildman–Crippen LogP) is 3.75. The van der Waals surface area contributed by atoms with Crippen LogP contribution in [0.1, 0.15) is 36.3 Å². The van der Waals surface area contributed by atoms with Crippen LogP contribution in [0, 0.1) is 11.6 Å². The highest BCUT2D eigenvalue weighted by Gasteiger charge is 2.51. The number of fused-ring (bicyclic) bond motifs is 1. The quantitative estimate of drug-likeness (QED) is 0.572. The molecule has 5 rings (SSSR count). The van der Waals surface area contributed by atoms with Gasteiger partial charge in [0.2, 0.25) is 5.91 Å². The maximum Gasteiger partial charge on any atom is 0.325 e. The first-order valence-corrected chi connectivity index (χ1v) is 11.8. The lowest BCUT2D eigenvalue weighted by atomic mass is 9.91. The first-order valence-electron chi connectivity index (χ1n) is 11.0. The second-order valence-corrected chi connectivity index (χ2v) is 9.83. The van der Waals surface area contributed by atoms with Gasteiger partial charge in [-0.15, -0.1) is 11.3 Å². The summed E-state index contributed by atoms with van der Waals surface area (Å²) in [5.74, 6) is -2.65. The van der Waals surface area contributed by atoms with Crippen molar-refractivity contribution in [1.82, 2.24) is 20.1 Å². The number of halogens is 2. The molecule has 3 aromatic rings. The molecule has 3 heterocycles. The molecule has 0 radical (unpaired) electrons. The van der Waals surface area contributed by atoms with Gasteiger partial charge < -0.3 is 10.2 Å². The number of amides is 4. The Labute approximate surface area is 198 Å². The van der Waals surface area contributed by atoms with Gasteiger partial charge in [-0.25, -0.2) is 18.6 Å². The van der Waals surface area contributed by atoms with E-state index in [4.69, 9.17) is 4.98 Å². The van der Waals surface area contributed by atoms with Crippen molar-refractivity contribution in [3.63, 3.8) is 0 Å². The van der Waals surface area contributed by atoms with Crippen molar-refractivity contribution in [2.24, 2.45) is 0 Å². The van der Waals surface area contributed by atoms with E-state index in [-0.39, 0.29) is 17.4 Å². The molecule has 2 saturated heterocycles. The molecule has 0 spiro atoms.